The lowest BCUT2D eigenvalue weighted by Crippen LogP contribution is -2.30. The monoisotopic (exact) mass is 482 g/mol. The first-order chi connectivity index (χ1) is 14.6. The molecular formula is C23H19BrN2O3S. The van der Waals surface area contributed by atoms with Crippen molar-refractivity contribution >= 4 is 48.5 Å². The van der Waals surface area contributed by atoms with Gasteiger partial charge in [-0.3, -0.25) is 9.69 Å². The molecule has 152 valence electrons. The molecule has 0 atom stereocenters. The third-order valence-corrected chi connectivity index (χ3v) is 6.13. The first-order valence-corrected chi connectivity index (χ1v) is 10.8. The Morgan fingerprint density at radius 2 is 1.70 bits per heavy atom. The summed E-state index contributed by atoms with van der Waals surface area (Å²) in [6, 6.07) is 20.9. The second-order valence-corrected chi connectivity index (χ2v) is 8.51. The van der Waals surface area contributed by atoms with Crippen molar-refractivity contribution in [2.45, 2.75) is 6.54 Å². The molecule has 0 N–H and O–H groups in total. The van der Waals surface area contributed by atoms with Gasteiger partial charge in [-0.1, -0.05) is 57.6 Å². The smallest absolute Gasteiger partial charge is 0.260 e. The number of fused-ring (bicyclic) bond motifs is 1. The number of thiazole rings is 1. The van der Waals surface area contributed by atoms with Crippen LogP contribution in [0.25, 0.3) is 10.2 Å². The van der Waals surface area contributed by atoms with Crippen LogP contribution < -0.4 is 14.4 Å². The molecule has 30 heavy (non-hydrogen) atoms. The Kier molecular flexibility index (Phi) is 6.01. The summed E-state index contributed by atoms with van der Waals surface area (Å²) in [5, 5.41) is 0.638. The molecule has 0 saturated carbocycles. The SMILES string of the molecule is COc1cc(OC)cc(C(=O)N(Cc2ccccc2)c2nc3ccc(Br)cc3s2)c1. The molecule has 0 aliphatic heterocycles. The predicted octanol–water partition coefficient (Wildman–Crippen LogP) is 5.92. The number of hydrogen-bond acceptors (Lipinski definition) is 5. The molecule has 4 rings (SSSR count). The molecule has 3 aromatic carbocycles. The zero-order valence-electron chi connectivity index (χ0n) is 16.5. The third-order valence-electron chi connectivity index (χ3n) is 4.60. The molecule has 0 aliphatic carbocycles. The molecule has 0 fully saturated rings. The van der Waals surface area contributed by atoms with Crippen molar-refractivity contribution in [1.29, 1.82) is 0 Å². The molecule has 1 amide bonds. The van der Waals surface area contributed by atoms with E-state index in [0.29, 0.717) is 28.7 Å². The second kappa shape index (κ2) is 8.85. The van der Waals surface area contributed by atoms with Crippen molar-refractivity contribution in [2.24, 2.45) is 0 Å². The van der Waals surface area contributed by atoms with Crippen LogP contribution in [0.1, 0.15) is 15.9 Å². The van der Waals surface area contributed by atoms with Gasteiger partial charge in [0.1, 0.15) is 11.5 Å². The van der Waals surface area contributed by atoms with E-state index in [2.05, 4.69) is 15.9 Å². The lowest BCUT2D eigenvalue weighted by Gasteiger charge is -2.21. The fourth-order valence-electron chi connectivity index (χ4n) is 3.08. The van der Waals surface area contributed by atoms with E-state index in [-0.39, 0.29) is 5.91 Å². The number of hydrogen-bond donors (Lipinski definition) is 0. The molecule has 0 saturated heterocycles. The molecule has 4 aromatic rings. The van der Waals surface area contributed by atoms with Crippen molar-refractivity contribution in [3.05, 3.63) is 82.3 Å². The van der Waals surface area contributed by atoms with E-state index in [1.165, 1.54) is 11.3 Å². The van der Waals surface area contributed by atoms with Crippen molar-refractivity contribution in [3.8, 4) is 11.5 Å². The van der Waals surface area contributed by atoms with Crippen LogP contribution in [-0.2, 0) is 6.54 Å². The van der Waals surface area contributed by atoms with Gasteiger partial charge < -0.3 is 9.47 Å². The minimum Gasteiger partial charge on any atom is -0.497 e. The minimum absolute atomic E-state index is 0.172. The summed E-state index contributed by atoms with van der Waals surface area (Å²) in [5.41, 5.74) is 2.34. The summed E-state index contributed by atoms with van der Waals surface area (Å²) >= 11 is 4.98. The van der Waals surface area contributed by atoms with E-state index in [4.69, 9.17) is 14.5 Å². The van der Waals surface area contributed by atoms with Gasteiger partial charge in [0, 0.05) is 16.1 Å². The maximum atomic E-state index is 13.6. The van der Waals surface area contributed by atoms with Gasteiger partial charge in [0.15, 0.2) is 5.13 Å². The average Bonchev–Trinajstić information content (AvgIpc) is 3.20. The summed E-state index contributed by atoms with van der Waals surface area (Å²) in [5.74, 6) is 0.949. The van der Waals surface area contributed by atoms with Crippen LogP contribution in [0.15, 0.2) is 71.2 Å². The molecule has 1 aromatic heterocycles. The van der Waals surface area contributed by atoms with Crippen molar-refractivity contribution in [2.75, 3.05) is 19.1 Å². The summed E-state index contributed by atoms with van der Waals surface area (Å²) < 4.78 is 12.7. The van der Waals surface area contributed by atoms with Crippen LogP contribution in [-0.4, -0.2) is 25.1 Å². The van der Waals surface area contributed by atoms with Gasteiger partial charge in [0.2, 0.25) is 0 Å². The summed E-state index contributed by atoms with van der Waals surface area (Å²) in [7, 11) is 3.13. The highest BCUT2D eigenvalue weighted by Gasteiger charge is 2.23. The Morgan fingerprint density at radius 1 is 1.00 bits per heavy atom. The van der Waals surface area contributed by atoms with E-state index in [0.717, 1.165) is 20.3 Å². The standard InChI is InChI=1S/C23H19BrN2O3S/c1-28-18-10-16(11-19(13-18)29-2)22(27)26(14-15-6-4-3-5-7-15)23-25-20-9-8-17(24)12-21(20)30-23/h3-13H,14H2,1-2H3. The summed E-state index contributed by atoms with van der Waals surface area (Å²) in [6.07, 6.45) is 0. The highest BCUT2D eigenvalue weighted by atomic mass is 79.9. The number of nitrogens with zero attached hydrogens (tertiary/aromatic N) is 2. The van der Waals surface area contributed by atoms with Crippen LogP contribution in [0, 0.1) is 0 Å². The van der Waals surface area contributed by atoms with Crippen molar-refractivity contribution in [1.82, 2.24) is 4.98 Å². The van der Waals surface area contributed by atoms with E-state index < -0.39 is 0 Å². The number of carbonyl (C=O) groups is 1. The fraction of sp³-hybridized carbons (Fsp3) is 0.130. The zero-order valence-corrected chi connectivity index (χ0v) is 18.9. The van der Waals surface area contributed by atoms with Crippen LogP contribution in [0.2, 0.25) is 0 Å². The lowest BCUT2D eigenvalue weighted by molar-refractivity contribution is 0.0984. The third kappa shape index (κ3) is 4.32. The number of carbonyl (C=O) groups excluding carboxylic acids is 1. The number of anilines is 1. The summed E-state index contributed by atoms with van der Waals surface area (Å²) in [6.45, 7) is 0.403. The molecule has 0 aliphatic rings. The first kappa shape index (κ1) is 20.4. The number of aromatic nitrogens is 1. The Labute approximate surface area is 187 Å². The van der Waals surface area contributed by atoms with Crippen LogP contribution in [0.5, 0.6) is 11.5 Å². The fourth-order valence-corrected chi connectivity index (χ4v) is 4.60. The van der Waals surface area contributed by atoms with Crippen LogP contribution in [0.3, 0.4) is 0 Å². The van der Waals surface area contributed by atoms with E-state index in [1.807, 2.05) is 48.5 Å². The topological polar surface area (TPSA) is 51.7 Å². The maximum absolute atomic E-state index is 13.6. The first-order valence-electron chi connectivity index (χ1n) is 9.22. The van der Waals surface area contributed by atoms with Gasteiger partial charge in [-0.25, -0.2) is 4.98 Å². The Hall–Kier alpha value is -2.90. The van der Waals surface area contributed by atoms with Crippen LogP contribution >= 0.6 is 27.3 Å². The molecule has 0 spiro atoms. The molecule has 5 nitrogen and oxygen atoms in total. The Bertz CT molecular complexity index is 1170. The Balaban J connectivity index is 1.79. The van der Waals surface area contributed by atoms with E-state index >= 15 is 0 Å². The average molecular weight is 483 g/mol. The van der Waals surface area contributed by atoms with Gasteiger partial charge in [-0.15, -0.1) is 0 Å². The molecule has 7 heteroatoms. The molecular weight excluding hydrogens is 464 g/mol. The molecule has 0 bridgehead atoms. The zero-order chi connectivity index (χ0) is 21.1. The largest absolute Gasteiger partial charge is 0.497 e. The van der Waals surface area contributed by atoms with Gasteiger partial charge in [-0.05, 0) is 35.9 Å². The number of ether oxygens (including phenoxy) is 2. The number of methoxy groups -OCH3 is 2. The second-order valence-electron chi connectivity index (χ2n) is 6.59. The predicted molar refractivity (Wildman–Crippen MR) is 124 cm³/mol. The highest BCUT2D eigenvalue weighted by Crippen LogP contribution is 2.33. The van der Waals surface area contributed by atoms with Crippen molar-refractivity contribution < 1.29 is 14.3 Å². The van der Waals surface area contributed by atoms with E-state index in [1.54, 1.807) is 37.3 Å². The quantitative estimate of drug-likeness (QED) is 0.342. The summed E-state index contributed by atoms with van der Waals surface area (Å²) in [4.78, 5) is 20.0. The molecule has 1 heterocycles. The Morgan fingerprint density at radius 3 is 2.37 bits per heavy atom. The molecule has 0 radical (unpaired) electrons. The van der Waals surface area contributed by atoms with E-state index in [9.17, 15) is 4.79 Å². The van der Waals surface area contributed by atoms with Gasteiger partial charge in [0.05, 0.1) is 31.0 Å². The number of amides is 1. The van der Waals surface area contributed by atoms with Gasteiger partial charge in [-0.2, -0.15) is 0 Å². The minimum atomic E-state index is -0.172. The van der Waals surface area contributed by atoms with Crippen molar-refractivity contribution in [3.63, 3.8) is 0 Å². The normalized spacial score (nSPS) is 10.8. The maximum Gasteiger partial charge on any atom is 0.260 e. The van der Waals surface area contributed by atoms with Gasteiger partial charge >= 0.3 is 0 Å². The lowest BCUT2D eigenvalue weighted by atomic mass is 10.1. The van der Waals surface area contributed by atoms with Crippen LogP contribution in [0.4, 0.5) is 5.13 Å². The number of halogens is 1. The molecule has 0 unspecified atom stereocenters. The van der Waals surface area contributed by atoms with Gasteiger partial charge in [0.25, 0.3) is 5.91 Å². The number of rotatable bonds is 6. The highest BCUT2D eigenvalue weighted by molar-refractivity contribution is 9.10. The number of benzene rings is 3.